The molecule has 0 bridgehead atoms. The molecule has 1 fully saturated rings. The normalized spacial score (nSPS) is 14.0. The van der Waals surface area contributed by atoms with Crippen molar-refractivity contribution >= 4 is 57.9 Å². The van der Waals surface area contributed by atoms with Crippen LogP contribution in [0, 0.1) is 17.0 Å². The van der Waals surface area contributed by atoms with Gasteiger partial charge in [-0.1, -0.05) is 35.9 Å². The number of nitro benzene ring substituents is 1. The van der Waals surface area contributed by atoms with Crippen molar-refractivity contribution in [1.82, 2.24) is 4.90 Å². The van der Waals surface area contributed by atoms with Crippen LogP contribution in [0.1, 0.15) is 23.6 Å². The van der Waals surface area contributed by atoms with E-state index in [1.165, 1.54) is 18.2 Å². The summed E-state index contributed by atoms with van der Waals surface area (Å²) in [5, 5.41) is 13.6. The van der Waals surface area contributed by atoms with Crippen LogP contribution in [0.15, 0.2) is 65.6 Å². The number of carbonyl (C=O) groups excluding carboxylic acids is 3. The molecule has 0 saturated carbocycles. The molecule has 1 heterocycles. The third-order valence-corrected chi connectivity index (χ3v) is 7.03. The van der Waals surface area contributed by atoms with Crippen molar-refractivity contribution in [1.29, 1.82) is 0 Å². The molecule has 3 aromatic carbocycles. The molecular formula is C28H24ClN3O7S. The minimum atomic E-state index is -0.587. The molecule has 1 N–H and O–H groups in total. The molecule has 40 heavy (non-hydrogen) atoms. The fourth-order valence-electron chi connectivity index (χ4n) is 3.73. The molecule has 0 atom stereocenters. The molecule has 3 aromatic rings. The van der Waals surface area contributed by atoms with Crippen LogP contribution in [-0.4, -0.2) is 40.0 Å². The standard InChI is InChI=1S/C28H24ClN3O7S/c1-3-38-24-12-18(8-10-23(24)39-16-19-5-4-6-21(11-19)32(36)37)13-25-27(34)31(28(35)40-25)15-26(33)30-20-9-7-17(2)22(29)14-20/h4-14H,3,15-16H2,1-2H3,(H,30,33)/b25-13+. The summed E-state index contributed by atoms with van der Waals surface area (Å²) in [6.07, 6.45) is 1.54. The molecule has 3 amide bonds. The fraction of sp³-hybridized carbons (Fsp3) is 0.179. The van der Waals surface area contributed by atoms with E-state index < -0.39 is 28.5 Å². The average Bonchev–Trinajstić information content (AvgIpc) is 3.17. The van der Waals surface area contributed by atoms with Crippen LogP contribution in [0.5, 0.6) is 11.5 Å². The monoisotopic (exact) mass is 581 g/mol. The van der Waals surface area contributed by atoms with Gasteiger partial charge in [-0.2, -0.15) is 0 Å². The van der Waals surface area contributed by atoms with Gasteiger partial charge in [0.2, 0.25) is 5.91 Å². The Bertz CT molecular complexity index is 1530. The number of amides is 3. The number of imide groups is 1. The van der Waals surface area contributed by atoms with Gasteiger partial charge in [-0.25, -0.2) is 0 Å². The van der Waals surface area contributed by atoms with E-state index in [0.717, 1.165) is 22.2 Å². The maximum atomic E-state index is 12.9. The number of non-ortho nitro benzene ring substituents is 1. The van der Waals surface area contributed by atoms with E-state index in [1.807, 2.05) is 6.92 Å². The summed E-state index contributed by atoms with van der Waals surface area (Å²) < 4.78 is 11.5. The van der Waals surface area contributed by atoms with Gasteiger partial charge in [-0.3, -0.25) is 29.4 Å². The highest BCUT2D eigenvalue weighted by atomic mass is 35.5. The first kappa shape index (κ1) is 28.7. The van der Waals surface area contributed by atoms with Crippen molar-refractivity contribution in [2.75, 3.05) is 18.5 Å². The number of hydrogen-bond acceptors (Lipinski definition) is 8. The predicted octanol–water partition coefficient (Wildman–Crippen LogP) is 6.21. The molecule has 1 aliphatic rings. The number of nitro groups is 1. The zero-order chi connectivity index (χ0) is 28.8. The molecule has 0 unspecified atom stereocenters. The average molecular weight is 582 g/mol. The summed E-state index contributed by atoms with van der Waals surface area (Å²) in [6, 6.07) is 16.2. The lowest BCUT2D eigenvalue weighted by Crippen LogP contribution is -2.36. The Labute approximate surface area is 239 Å². The zero-order valence-corrected chi connectivity index (χ0v) is 23.1. The molecular weight excluding hydrogens is 558 g/mol. The maximum absolute atomic E-state index is 12.9. The molecule has 4 rings (SSSR count). The van der Waals surface area contributed by atoms with Gasteiger partial charge in [0.25, 0.3) is 16.8 Å². The number of anilines is 1. The Morgan fingerprint density at radius 1 is 1.10 bits per heavy atom. The SMILES string of the molecule is CCOc1cc(/C=C2/SC(=O)N(CC(=O)Nc3ccc(C)c(Cl)c3)C2=O)ccc1OCc1cccc([N+](=O)[O-])c1. The second-order valence-corrected chi connectivity index (χ2v) is 10.0. The first-order valence-electron chi connectivity index (χ1n) is 12.1. The Balaban J connectivity index is 1.44. The Hall–Kier alpha value is -4.35. The van der Waals surface area contributed by atoms with E-state index in [2.05, 4.69) is 5.32 Å². The molecule has 0 aliphatic carbocycles. The van der Waals surface area contributed by atoms with Crippen LogP contribution in [0.25, 0.3) is 6.08 Å². The van der Waals surface area contributed by atoms with Crippen molar-refractivity contribution in [3.63, 3.8) is 0 Å². The van der Waals surface area contributed by atoms with Gasteiger partial charge in [-0.05, 0) is 72.6 Å². The van der Waals surface area contributed by atoms with Gasteiger partial charge in [0.1, 0.15) is 13.2 Å². The topological polar surface area (TPSA) is 128 Å². The van der Waals surface area contributed by atoms with E-state index in [9.17, 15) is 24.5 Å². The number of rotatable bonds is 10. The van der Waals surface area contributed by atoms with Crippen molar-refractivity contribution in [3.05, 3.63) is 97.4 Å². The number of nitrogens with zero attached hydrogens (tertiary/aromatic N) is 2. The van der Waals surface area contributed by atoms with Crippen LogP contribution < -0.4 is 14.8 Å². The van der Waals surface area contributed by atoms with Crippen LogP contribution >= 0.6 is 23.4 Å². The molecule has 10 nitrogen and oxygen atoms in total. The Morgan fingerprint density at radius 2 is 1.90 bits per heavy atom. The van der Waals surface area contributed by atoms with Crippen molar-refractivity contribution in [3.8, 4) is 11.5 Å². The van der Waals surface area contributed by atoms with E-state index in [1.54, 1.807) is 55.5 Å². The molecule has 0 spiro atoms. The van der Waals surface area contributed by atoms with E-state index in [-0.39, 0.29) is 17.2 Å². The molecule has 12 heteroatoms. The van der Waals surface area contributed by atoms with Crippen LogP contribution in [0.2, 0.25) is 5.02 Å². The molecule has 0 aromatic heterocycles. The zero-order valence-electron chi connectivity index (χ0n) is 21.5. The number of aryl methyl sites for hydroxylation is 1. The molecule has 1 saturated heterocycles. The summed E-state index contributed by atoms with van der Waals surface area (Å²) in [4.78, 5) is 49.5. The molecule has 206 valence electrons. The smallest absolute Gasteiger partial charge is 0.294 e. The number of hydrogen-bond donors (Lipinski definition) is 1. The van der Waals surface area contributed by atoms with Gasteiger partial charge < -0.3 is 14.8 Å². The van der Waals surface area contributed by atoms with Crippen molar-refractivity contribution in [2.24, 2.45) is 0 Å². The minimum Gasteiger partial charge on any atom is -0.490 e. The van der Waals surface area contributed by atoms with E-state index in [0.29, 0.717) is 39.9 Å². The van der Waals surface area contributed by atoms with Gasteiger partial charge in [0.05, 0.1) is 16.4 Å². The summed E-state index contributed by atoms with van der Waals surface area (Å²) in [5.74, 6) is -0.313. The lowest BCUT2D eigenvalue weighted by molar-refractivity contribution is -0.384. The number of benzene rings is 3. The third kappa shape index (κ3) is 6.99. The summed E-state index contributed by atoms with van der Waals surface area (Å²) in [6.45, 7) is 3.62. The summed E-state index contributed by atoms with van der Waals surface area (Å²) in [7, 11) is 0. The van der Waals surface area contributed by atoms with Gasteiger partial charge in [0.15, 0.2) is 11.5 Å². The van der Waals surface area contributed by atoms with Gasteiger partial charge in [0, 0.05) is 22.8 Å². The summed E-state index contributed by atoms with van der Waals surface area (Å²) in [5.41, 5.74) is 2.47. The van der Waals surface area contributed by atoms with Crippen LogP contribution in [0.4, 0.5) is 16.2 Å². The highest BCUT2D eigenvalue weighted by Gasteiger charge is 2.36. The maximum Gasteiger partial charge on any atom is 0.294 e. The number of halogens is 1. The first-order valence-corrected chi connectivity index (χ1v) is 13.3. The second kappa shape index (κ2) is 12.7. The van der Waals surface area contributed by atoms with E-state index in [4.69, 9.17) is 21.1 Å². The lowest BCUT2D eigenvalue weighted by atomic mass is 10.1. The third-order valence-electron chi connectivity index (χ3n) is 5.71. The predicted molar refractivity (Wildman–Crippen MR) is 153 cm³/mol. The largest absolute Gasteiger partial charge is 0.490 e. The van der Waals surface area contributed by atoms with Gasteiger partial charge in [-0.15, -0.1) is 0 Å². The number of thioether (sulfide) groups is 1. The van der Waals surface area contributed by atoms with Gasteiger partial charge >= 0.3 is 0 Å². The summed E-state index contributed by atoms with van der Waals surface area (Å²) >= 11 is 6.83. The quantitative estimate of drug-likeness (QED) is 0.170. The number of carbonyl (C=O) groups is 3. The van der Waals surface area contributed by atoms with Crippen molar-refractivity contribution < 1.29 is 28.8 Å². The Morgan fingerprint density at radius 3 is 2.62 bits per heavy atom. The fourth-order valence-corrected chi connectivity index (χ4v) is 4.74. The lowest BCUT2D eigenvalue weighted by Gasteiger charge is -2.13. The highest BCUT2D eigenvalue weighted by molar-refractivity contribution is 8.18. The first-order chi connectivity index (χ1) is 19.1. The second-order valence-electron chi connectivity index (χ2n) is 8.63. The van der Waals surface area contributed by atoms with E-state index >= 15 is 0 Å². The van der Waals surface area contributed by atoms with Crippen LogP contribution in [-0.2, 0) is 16.2 Å². The number of ether oxygens (including phenoxy) is 2. The number of nitrogens with one attached hydrogen (secondary N) is 1. The highest BCUT2D eigenvalue weighted by Crippen LogP contribution is 2.35. The molecule has 0 radical (unpaired) electrons. The Kier molecular flexibility index (Phi) is 9.08. The van der Waals surface area contributed by atoms with Crippen molar-refractivity contribution in [2.45, 2.75) is 20.5 Å². The minimum absolute atomic E-state index is 0.0348. The molecule has 1 aliphatic heterocycles. The van der Waals surface area contributed by atoms with Crippen LogP contribution in [0.3, 0.4) is 0 Å².